The maximum atomic E-state index is 5.16. The number of hydrogen-bond donors (Lipinski definition) is 0. The molecule has 0 bridgehead atoms. The molecule has 0 radical (unpaired) electrons. The van der Waals surface area contributed by atoms with E-state index in [4.69, 9.17) is 4.74 Å². The zero-order chi connectivity index (χ0) is 13.3. The molecule has 3 heteroatoms. The highest BCUT2D eigenvalue weighted by molar-refractivity contribution is 5.83. The van der Waals surface area contributed by atoms with Crippen molar-refractivity contribution in [3.8, 4) is 5.88 Å². The van der Waals surface area contributed by atoms with Crippen molar-refractivity contribution < 1.29 is 4.74 Å². The first kappa shape index (κ1) is 15.4. The van der Waals surface area contributed by atoms with Crippen molar-refractivity contribution in [1.82, 2.24) is 9.97 Å². The summed E-state index contributed by atoms with van der Waals surface area (Å²) in [5.41, 5.74) is 0.923. The molecule has 0 unspecified atom stereocenters. The quantitative estimate of drug-likeness (QED) is 0.748. The van der Waals surface area contributed by atoms with E-state index in [0.717, 1.165) is 16.7 Å². The van der Waals surface area contributed by atoms with E-state index in [0.29, 0.717) is 5.88 Å². The third-order valence-corrected chi connectivity index (χ3v) is 1.87. The van der Waals surface area contributed by atoms with Crippen molar-refractivity contribution in [3.05, 3.63) is 30.1 Å². The van der Waals surface area contributed by atoms with Crippen LogP contribution in [0.25, 0.3) is 10.9 Å². The van der Waals surface area contributed by atoms with Gasteiger partial charge in [0.05, 0.1) is 18.0 Å². The first-order valence-corrected chi connectivity index (χ1v) is 6.08. The summed E-state index contributed by atoms with van der Waals surface area (Å²) in [6.45, 7) is 9.86. The zero-order valence-corrected chi connectivity index (χ0v) is 11.6. The van der Waals surface area contributed by atoms with Crippen LogP contribution in [0, 0.1) is 6.92 Å². The van der Waals surface area contributed by atoms with Gasteiger partial charge in [0.1, 0.15) is 5.82 Å². The van der Waals surface area contributed by atoms with Gasteiger partial charge < -0.3 is 4.74 Å². The van der Waals surface area contributed by atoms with E-state index in [1.807, 2.05) is 58.9 Å². The van der Waals surface area contributed by atoms with Gasteiger partial charge in [0.15, 0.2) is 0 Å². The number of fused-ring (bicyclic) bond motifs is 1. The van der Waals surface area contributed by atoms with Gasteiger partial charge in [0.2, 0.25) is 5.88 Å². The molecule has 0 atom stereocenters. The highest BCUT2D eigenvalue weighted by Gasteiger charge is 2.03. The van der Waals surface area contributed by atoms with Gasteiger partial charge in [-0.15, -0.1) is 0 Å². The average Bonchev–Trinajstić information content (AvgIpc) is 2.42. The van der Waals surface area contributed by atoms with Crippen molar-refractivity contribution in [2.45, 2.75) is 34.6 Å². The molecule has 17 heavy (non-hydrogen) atoms. The third kappa shape index (κ3) is 4.02. The number of nitrogens with zero attached hydrogens (tertiary/aromatic N) is 2. The summed E-state index contributed by atoms with van der Waals surface area (Å²) in [6, 6.07) is 7.80. The Labute approximate surface area is 104 Å². The molecule has 1 heterocycles. The normalized spacial score (nSPS) is 8.59. The predicted molar refractivity (Wildman–Crippen MR) is 73.5 cm³/mol. The van der Waals surface area contributed by atoms with E-state index in [-0.39, 0.29) is 0 Å². The Bertz CT molecular complexity index is 441. The molecule has 0 aliphatic carbocycles. The Balaban J connectivity index is 0.000000581. The molecule has 2 aromatic rings. The number of para-hydroxylation sites is 1. The lowest BCUT2D eigenvalue weighted by Crippen LogP contribution is -1.94. The van der Waals surface area contributed by atoms with E-state index < -0.39 is 0 Å². The van der Waals surface area contributed by atoms with Gasteiger partial charge in [-0.05, 0) is 19.1 Å². The first-order chi connectivity index (χ1) is 8.31. The van der Waals surface area contributed by atoms with Crippen molar-refractivity contribution in [2.75, 3.05) is 7.11 Å². The summed E-state index contributed by atoms with van der Waals surface area (Å²) in [5, 5.41) is 0.954. The molecular weight excluding hydrogens is 212 g/mol. The molecule has 0 N–H and O–H groups in total. The van der Waals surface area contributed by atoms with E-state index in [2.05, 4.69) is 9.97 Å². The fraction of sp³-hybridized carbons (Fsp3) is 0.429. The number of hydrogen-bond acceptors (Lipinski definition) is 3. The molecule has 94 valence electrons. The summed E-state index contributed by atoms with van der Waals surface area (Å²) in [5.74, 6) is 1.37. The molecule has 2 rings (SSSR count). The lowest BCUT2D eigenvalue weighted by atomic mass is 10.2. The molecule has 3 nitrogen and oxygen atoms in total. The average molecular weight is 234 g/mol. The Morgan fingerprint density at radius 1 is 0.941 bits per heavy atom. The SMILES string of the molecule is CC.CC.COc1nc(C)nc2ccccc12. The van der Waals surface area contributed by atoms with Crippen LogP contribution < -0.4 is 4.74 Å². The minimum Gasteiger partial charge on any atom is -0.480 e. The predicted octanol–water partition coefficient (Wildman–Crippen LogP) is 4.00. The van der Waals surface area contributed by atoms with Crippen LogP contribution in [0.3, 0.4) is 0 Å². The largest absolute Gasteiger partial charge is 0.480 e. The minimum absolute atomic E-state index is 0.642. The lowest BCUT2D eigenvalue weighted by molar-refractivity contribution is 0.401. The number of ether oxygens (including phenoxy) is 1. The van der Waals surface area contributed by atoms with Gasteiger partial charge in [0.25, 0.3) is 0 Å². The van der Waals surface area contributed by atoms with Crippen LogP contribution in [-0.2, 0) is 0 Å². The monoisotopic (exact) mass is 234 g/mol. The van der Waals surface area contributed by atoms with E-state index in [1.165, 1.54) is 0 Å². The van der Waals surface area contributed by atoms with Crippen molar-refractivity contribution in [3.63, 3.8) is 0 Å². The van der Waals surface area contributed by atoms with Crippen LogP contribution in [-0.4, -0.2) is 17.1 Å². The summed E-state index contributed by atoms with van der Waals surface area (Å²) >= 11 is 0. The zero-order valence-electron chi connectivity index (χ0n) is 11.6. The topological polar surface area (TPSA) is 35.0 Å². The second-order valence-corrected chi connectivity index (χ2v) is 2.80. The third-order valence-electron chi connectivity index (χ3n) is 1.87. The van der Waals surface area contributed by atoms with Crippen LogP contribution in [0.5, 0.6) is 5.88 Å². The smallest absolute Gasteiger partial charge is 0.224 e. The van der Waals surface area contributed by atoms with Crippen molar-refractivity contribution in [1.29, 1.82) is 0 Å². The lowest BCUT2D eigenvalue weighted by Gasteiger charge is -2.03. The van der Waals surface area contributed by atoms with Gasteiger partial charge in [-0.3, -0.25) is 0 Å². The van der Waals surface area contributed by atoms with Gasteiger partial charge in [-0.2, -0.15) is 4.98 Å². The molecule has 0 aliphatic rings. The molecule has 1 aromatic carbocycles. The molecule has 0 spiro atoms. The maximum absolute atomic E-state index is 5.16. The molecule has 0 saturated heterocycles. The standard InChI is InChI=1S/C10H10N2O.2C2H6/c1-7-11-9-6-4-3-5-8(9)10(12-7)13-2;2*1-2/h3-6H,1-2H3;2*1-2H3. The molecule has 0 aliphatic heterocycles. The van der Waals surface area contributed by atoms with Crippen LogP contribution in [0.15, 0.2) is 24.3 Å². The molecule has 0 amide bonds. The van der Waals surface area contributed by atoms with Crippen molar-refractivity contribution >= 4 is 10.9 Å². The number of aromatic nitrogens is 2. The number of aryl methyl sites for hydroxylation is 1. The van der Waals surface area contributed by atoms with E-state index in [9.17, 15) is 0 Å². The van der Waals surface area contributed by atoms with Gasteiger partial charge in [0, 0.05) is 0 Å². The fourth-order valence-electron chi connectivity index (χ4n) is 1.31. The highest BCUT2D eigenvalue weighted by atomic mass is 16.5. The van der Waals surface area contributed by atoms with Gasteiger partial charge >= 0.3 is 0 Å². The second kappa shape index (κ2) is 8.50. The van der Waals surface area contributed by atoms with Gasteiger partial charge in [-0.1, -0.05) is 39.8 Å². The van der Waals surface area contributed by atoms with Gasteiger partial charge in [-0.25, -0.2) is 4.98 Å². The van der Waals surface area contributed by atoms with E-state index in [1.54, 1.807) is 7.11 Å². The molecule has 0 fully saturated rings. The Morgan fingerprint density at radius 3 is 2.12 bits per heavy atom. The van der Waals surface area contributed by atoms with Crippen LogP contribution >= 0.6 is 0 Å². The summed E-state index contributed by atoms with van der Waals surface area (Å²) in [4.78, 5) is 8.48. The summed E-state index contributed by atoms with van der Waals surface area (Å²) in [7, 11) is 1.62. The number of methoxy groups -OCH3 is 1. The fourth-order valence-corrected chi connectivity index (χ4v) is 1.31. The highest BCUT2D eigenvalue weighted by Crippen LogP contribution is 2.20. The molecule has 1 aromatic heterocycles. The van der Waals surface area contributed by atoms with E-state index >= 15 is 0 Å². The first-order valence-electron chi connectivity index (χ1n) is 6.08. The summed E-state index contributed by atoms with van der Waals surface area (Å²) < 4.78 is 5.16. The molecular formula is C14H22N2O. The Kier molecular flexibility index (Phi) is 7.68. The van der Waals surface area contributed by atoms with Crippen molar-refractivity contribution in [2.24, 2.45) is 0 Å². The number of benzene rings is 1. The van der Waals surface area contributed by atoms with Crippen LogP contribution in [0.4, 0.5) is 0 Å². The van der Waals surface area contributed by atoms with Crippen LogP contribution in [0.2, 0.25) is 0 Å². The van der Waals surface area contributed by atoms with Crippen LogP contribution in [0.1, 0.15) is 33.5 Å². The Hall–Kier alpha value is -1.64. The molecule has 0 saturated carbocycles. The minimum atomic E-state index is 0.642. The number of rotatable bonds is 1. The second-order valence-electron chi connectivity index (χ2n) is 2.80. The summed E-state index contributed by atoms with van der Waals surface area (Å²) in [6.07, 6.45) is 0. The Morgan fingerprint density at radius 2 is 1.53 bits per heavy atom. The maximum Gasteiger partial charge on any atom is 0.224 e.